The van der Waals surface area contributed by atoms with Crippen molar-refractivity contribution in [2.24, 2.45) is 5.73 Å². The maximum absolute atomic E-state index is 11.2. The van der Waals surface area contributed by atoms with Gasteiger partial charge in [-0.3, -0.25) is 5.01 Å². The molecule has 14 heavy (non-hydrogen) atoms. The number of nitrogens with zero attached hydrogens (tertiary/aromatic N) is 1. The molecule has 0 aromatic carbocycles. The van der Waals surface area contributed by atoms with Crippen molar-refractivity contribution < 1.29 is 9.53 Å². The van der Waals surface area contributed by atoms with E-state index >= 15 is 0 Å². The number of allylic oxidation sites excluding steroid dienone is 1. The summed E-state index contributed by atoms with van der Waals surface area (Å²) in [6, 6.07) is 0. The standard InChI is InChI=1S/C9H19N3O2/c1-7(6-10)12(5)11-8(13)14-9(2,3)4/h6H,10H2,1-5H3,(H,11,13)/b7-6-. The van der Waals surface area contributed by atoms with Crippen LogP contribution in [0.4, 0.5) is 4.79 Å². The maximum atomic E-state index is 11.2. The number of rotatable bonds is 2. The average molecular weight is 201 g/mol. The maximum Gasteiger partial charge on any atom is 0.426 e. The highest BCUT2D eigenvalue weighted by Crippen LogP contribution is 2.06. The van der Waals surface area contributed by atoms with Gasteiger partial charge in [0.05, 0.1) is 0 Å². The van der Waals surface area contributed by atoms with E-state index in [1.807, 2.05) is 0 Å². The van der Waals surface area contributed by atoms with Crippen molar-refractivity contribution >= 4 is 6.09 Å². The number of nitrogens with one attached hydrogen (secondary N) is 1. The van der Waals surface area contributed by atoms with Crippen molar-refractivity contribution in [3.63, 3.8) is 0 Å². The Kier molecular flexibility index (Phi) is 4.27. The first-order valence-corrected chi connectivity index (χ1v) is 4.38. The van der Waals surface area contributed by atoms with Gasteiger partial charge in [-0.15, -0.1) is 0 Å². The van der Waals surface area contributed by atoms with E-state index in [1.54, 1.807) is 34.7 Å². The number of hydrazine groups is 1. The smallest absolute Gasteiger partial charge is 0.426 e. The summed E-state index contributed by atoms with van der Waals surface area (Å²) < 4.78 is 5.04. The monoisotopic (exact) mass is 201 g/mol. The first kappa shape index (κ1) is 12.6. The van der Waals surface area contributed by atoms with Gasteiger partial charge in [0, 0.05) is 18.9 Å². The Hall–Kier alpha value is -1.39. The average Bonchev–Trinajstić information content (AvgIpc) is 1.99. The summed E-state index contributed by atoms with van der Waals surface area (Å²) in [5.74, 6) is 0. The van der Waals surface area contributed by atoms with Crippen molar-refractivity contribution in [3.05, 3.63) is 11.9 Å². The van der Waals surface area contributed by atoms with Crippen LogP contribution in [0.1, 0.15) is 27.7 Å². The number of hydrogen-bond acceptors (Lipinski definition) is 4. The molecule has 1 amide bonds. The number of amides is 1. The molecule has 0 aliphatic rings. The lowest BCUT2D eigenvalue weighted by Crippen LogP contribution is -2.41. The Morgan fingerprint density at radius 1 is 1.50 bits per heavy atom. The largest absolute Gasteiger partial charge is 0.443 e. The number of hydrogen-bond donors (Lipinski definition) is 2. The second-order valence-electron chi connectivity index (χ2n) is 3.98. The molecule has 0 saturated heterocycles. The van der Waals surface area contributed by atoms with Gasteiger partial charge in [-0.2, -0.15) is 0 Å². The highest BCUT2D eigenvalue weighted by molar-refractivity contribution is 5.67. The van der Waals surface area contributed by atoms with Gasteiger partial charge in [0.15, 0.2) is 0 Å². The molecule has 0 aromatic heterocycles. The van der Waals surface area contributed by atoms with Crippen LogP contribution in [0.15, 0.2) is 11.9 Å². The molecular weight excluding hydrogens is 182 g/mol. The third-order valence-electron chi connectivity index (χ3n) is 1.43. The summed E-state index contributed by atoms with van der Waals surface area (Å²) >= 11 is 0. The van der Waals surface area contributed by atoms with E-state index in [4.69, 9.17) is 10.5 Å². The third kappa shape index (κ3) is 5.29. The van der Waals surface area contributed by atoms with Crippen molar-refractivity contribution in [3.8, 4) is 0 Å². The first-order valence-electron chi connectivity index (χ1n) is 4.38. The zero-order valence-corrected chi connectivity index (χ0v) is 9.42. The van der Waals surface area contributed by atoms with Gasteiger partial charge < -0.3 is 10.5 Å². The van der Waals surface area contributed by atoms with Crippen molar-refractivity contribution in [1.29, 1.82) is 0 Å². The third-order valence-corrected chi connectivity index (χ3v) is 1.43. The van der Waals surface area contributed by atoms with Gasteiger partial charge in [0.2, 0.25) is 0 Å². The van der Waals surface area contributed by atoms with Crippen molar-refractivity contribution in [2.75, 3.05) is 7.05 Å². The van der Waals surface area contributed by atoms with E-state index in [2.05, 4.69) is 5.43 Å². The minimum atomic E-state index is -0.499. The van der Waals surface area contributed by atoms with Crippen molar-refractivity contribution in [2.45, 2.75) is 33.3 Å². The molecule has 0 aliphatic carbocycles. The molecule has 5 nitrogen and oxygen atoms in total. The molecule has 0 unspecified atom stereocenters. The van der Waals surface area contributed by atoms with E-state index in [0.717, 1.165) is 5.70 Å². The fraction of sp³-hybridized carbons (Fsp3) is 0.667. The van der Waals surface area contributed by atoms with Crippen LogP contribution in [0.2, 0.25) is 0 Å². The topological polar surface area (TPSA) is 67.6 Å². The summed E-state index contributed by atoms with van der Waals surface area (Å²) in [5, 5.41) is 1.49. The zero-order valence-electron chi connectivity index (χ0n) is 9.42. The fourth-order valence-corrected chi connectivity index (χ4v) is 0.638. The molecule has 0 fully saturated rings. The molecule has 0 atom stereocenters. The number of carbonyl (C=O) groups excluding carboxylic acids is 1. The quantitative estimate of drug-likeness (QED) is 0.658. The van der Waals surface area contributed by atoms with Crippen LogP contribution < -0.4 is 11.2 Å². The van der Waals surface area contributed by atoms with E-state index in [0.29, 0.717) is 0 Å². The predicted molar refractivity (Wildman–Crippen MR) is 55.1 cm³/mol. The van der Waals surface area contributed by atoms with Gasteiger partial charge in [0.25, 0.3) is 0 Å². The van der Waals surface area contributed by atoms with Crippen LogP contribution in [0.5, 0.6) is 0 Å². The number of carbonyl (C=O) groups is 1. The van der Waals surface area contributed by atoms with Gasteiger partial charge in [-0.05, 0) is 27.7 Å². The van der Waals surface area contributed by atoms with Gasteiger partial charge in [-0.25, -0.2) is 10.2 Å². The van der Waals surface area contributed by atoms with E-state index in [1.165, 1.54) is 11.2 Å². The van der Waals surface area contributed by atoms with E-state index < -0.39 is 11.7 Å². The summed E-state index contributed by atoms with van der Waals surface area (Å²) in [5.41, 5.74) is 8.03. The molecule has 0 aliphatic heterocycles. The van der Waals surface area contributed by atoms with E-state index in [9.17, 15) is 4.79 Å². The second kappa shape index (κ2) is 4.74. The minimum absolute atomic E-state index is 0.495. The lowest BCUT2D eigenvalue weighted by molar-refractivity contribution is 0.0406. The second-order valence-corrected chi connectivity index (χ2v) is 3.98. The normalized spacial score (nSPS) is 12.2. The van der Waals surface area contributed by atoms with Gasteiger partial charge in [0.1, 0.15) is 5.60 Å². The lowest BCUT2D eigenvalue weighted by Gasteiger charge is -2.24. The lowest BCUT2D eigenvalue weighted by atomic mass is 10.2. The van der Waals surface area contributed by atoms with Crippen LogP contribution in [0.25, 0.3) is 0 Å². The summed E-state index contributed by atoms with van der Waals surface area (Å²) in [7, 11) is 1.68. The molecular formula is C9H19N3O2. The summed E-state index contributed by atoms with van der Waals surface area (Å²) in [6.07, 6.45) is 0.901. The predicted octanol–water partition coefficient (Wildman–Crippen LogP) is 1.18. The molecule has 0 rings (SSSR count). The Labute approximate surface area is 84.9 Å². The van der Waals surface area contributed by atoms with Crippen LogP contribution in [-0.4, -0.2) is 23.8 Å². The molecule has 0 heterocycles. The van der Waals surface area contributed by atoms with Crippen LogP contribution in [0.3, 0.4) is 0 Å². The summed E-state index contributed by atoms with van der Waals surface area (Å²) in [4.78, 5) is 11.2. The molecule has 0 bridgehead atoms. The highest BCUT2D eigenvalue weighted by atomic mass is 16.6. The molecule has 0 radical (unpaired) electrons. The van der Waals surface area contributed by atoms with Crippen LogP contribution >= 0.6 is 0 Å². The Balaban J connectivity index is 4.08. The summed E-state index contributed by atoms with van der Waals surface area (Å²) in [6.45, 7) is 7.19. The Bertz CT molecular complexity index is 231. The molecule has 0 spiro atoms. The SMILES string of the molecule is C/C(=C/N)N(C)NC(=O)OC(C)(C)C. The highest BCUT2D eigenvalue weighted by Gasteiger charge is 2.16. The molecule has 0 saturated carbocycles. The fourth-order valence-electron chi connectivity index (χ4n) is 0.638. The molecule has 82 valence electrons. The number of ether oxygens (including phenoxy) is 1. The first-order chi connectivity index (χ1) is 6.26. The van der Waals surface area contributed by atoms with Gasteiger partial charge >= 0.3 is 6.09 Å². The molecule has 5 heteroatoms. The minimum Gasteiger partial charge on any atom is -0.443 e. The van der Waals surface area contributed by atoms with Crippen molar-refractivity contribution in [1.82, 2.24) is 10.4 Å². The molecule has 3 N–H and O–H groups in total. The van der Waals surface area contributed by atoms with Crippen LogP contribution in [0, 0.1) is 0 Å². The Morgan fingerprint density at radius 2 is 2.00 bits per heavy atom. The van der Waals surface area contributed by atoms with Crippen LogP contribution in [-0.2, 0) is 4.74 Å². The number of nitrogens with two attached hydrogens (primary N) is 1. The molecule has 0 aromatic rings. The van der Waals surface area contributed by atoms with E-state index in [-0.39, 0.29) is 0 Å². The zero-order chi connectivity index (χ0) is 11.4. The Morgan fingerprint density at radius 3 is 2.36 bits per heavy atom. The van der Waals surface area contributed by atoms with Gasteiger partial charge in [-0.1, -0.05) is 0 Å².